The van der Waals surface area contributed by atoms with Crippen molar-refractivity contribution < 1.29 is 19.7 Å². The Morgan fingerprint density at radius 1 is 1.29 bits per heavy atom. The molecule has 4 aliphatic heterocycles. The third kappa shape index (κ3) is 2.10. The van der Waals surface area contributed by atoms with Gasteiger partial charge in [-0.05, 0) is 68.9 Å². The van der Waals surface area contributed by atoms with Crippen molar-refractivity contribution in [2.75, 3.05) is 13.1 Å². The first-order valence-electron chi connectivity index (χ1n) is 12.6. The molecule has 4 heterocycles. The van der Waals surface area contributed by atoms with Crippen LogP contribution in [0.4, 0.5) is 0 Å². The maximum atomic E-state index is 13.4. The van der Waals surface area contributed by atoms with E-state index in [0.717, 1.165) is 47.9 Å². The number of nitrogens with one attached hydrogen (secondary N) is 1. The van der Waals surface area contributed by atoms with Crippen LogP contribution in [0.15, 0.2) is 47.3 Å². The molecule has 176 valence electrons. The number of nitrogens with zero attached hydrogens (tertiary/aromatic N) is 2. The summed E-state index contributed by atoms with van der Waals surface area (Å²) in [6.45, 7) is 3.95. The lowest BCUT2D eigenvalue weighted by molar-refractivity contribution is -0.172. The monoisotopic (exact) mass is 459 g/mol. The molecule has 1 aromatic rings. The lowest BCUT2D eigenvalue weighted by Crippen LogP contribution is -2.77. The zero-order valence-electron chi connectivity index (χ0n) is 19.3. The number of benzene rings is 1. The summed E-state index contributed by atoms with van der Waals surface area (Å²) >= 11 is 0. The summed E-state index contributed by atoms with van der Waals surface area (Å²) in [5.41, 5.74) is 2.84. The Bertz CT molecular complexity index is 1260. The van der Waals surface area contributed by atoms with Crippen LogP contribution in [0.3, 0.4) is 0 Å². The molecule has 2 bridgehead atoms. The molecule has 5 atom stereocenters. The third-order valence-electron chi connectivity index (χ3n) is 9.62. The highest BCUT2D eigenvalue weighted by atomic mass is 16.5. The number of hydrogen-bond acceptors (Lipinski definition) is 6. The van der Waals surface area contributed by atoms with E-state index in [1.165, 1.54) is 12.8 Å². The van der Waals surface area contributed by atoms with E-state index < -0.39 is 17.1 Å². The molecule has 0 aromatic heterocycles. The summed E-state index contributed by atoms with van der Waals surface area (Å²) in [6.07, 6.45) is 9.50. The number of fused-ring (bicyclic) bond motifs is 3. The Hall–Kier alpha value is -2.77. The van der Waals surface area contributed by atoms with Gasteiger partial charge in [0, 0.05) is 35.8 Å². The zero-order chi connectivity index (χ0) is 23.0. The van der Waals surface area contributed by atoms with E-state index in [0.29, 0.717) is 24.2 Å². The number of hydrogen-bond donors (Lipinski definition) is 3. The molecule has 3 N–H and O–H groups in total. The van der Waals surface area contributed by atoms with Crippen molar-refractivity contribution in [2.24, 2.45) is 5.92 Å². The van der Waals surface area contributed by atoms with Crippen molar-refractivity contribution in [3.8, 4) is 11.5 Å². The van der Waals surface area contributed by atoms with Crippen LogP contribution in [-0.4, -0.2) is 62.9 Å². The molecule has 1 spiro atoms. The first kappa shape index (κ1) is 19.5. The number of amides is 1. The van der Waals surface area contributed by atoms with E-state index >= 15 is 0 Å². The van der Waals surface area contributed by atoms with Crippen LogP contribution in [0, 0.1) is 5.92 Å². The number of piperidine rings is 1. The number of phenolic OH excluding ortho intramolecular Hbond substituents is 1. The van der Waals surface area contributed by atoms with Gasteiger partial charge < -0.3 is 25.2 Å². The Balaban J connectivity index is 1.39. The van der Waals surface area contributed by atoms with E-state index in [1.807, 2.05) is 31.2 Å². The number of phenols is 1. The van der Waals surface area contributed by atoms with E-state index in [9.17, 15) is 15.0 Å². The van der Waals surface area contributed by atoms with E-state index in [-0.39, 0.29) is 23.9 Å². The molecule has 34 heavy (non-hydrogen) atoms. The average Bonchev–Trinajstić information content (AvgIpc) is 3.54. The van der Waals surface area contributed by atoms with Gasteiger partial charge in [0.25, 0.3) is 5.91 Å². The second-order valence-electron chi connectivity index (χ2n) is 11.3. The number of carbonyl (C=O) groups excluding carboxylic acids is 1. The Kier molecular flexibility index (Phi) is 3.49. The zero-order valence-corrected chi connectivity index (χ0v) is 19.3. The van der Waals surface area contributed by atoms with Crippen molar-refractivity contribution in [3.05, 3.63) is 58.5 Å². The molecular weight excluding hydrogens is 430 g/mol. The van der Waals surface area contributed by atoms with Gasteiger partial charge in [0.15, 0.2) is 17.6 Å². The molecule has 1 unspecified atom stereocenters. The largest absolute Gasteiger partial charge is 0.504 e. The molecule has 2 fully saturated rings. The van der Waals surface area contributed by atoms with Crippen LogP contribution < -0.4 is 10.1 Å². The van der Waals surface area contributed by atoms with Gasteiger partial charge in [0.05, 0.1) is 16.7 Å². The molecule has 3 aliphatic carbocycles. The fourth-order valence-electron chi connectivity index (χ4n) is 8.00. The van der Waals surface area contributed by atoms with Gasteiger partial charge in [-0.2, -0.15) is 0 Å². The molecule has 7 heteroatoms. The number of allylic oxidation sites excluding steroid dienone is 3. The quantitative estimate of drug-likeness (QED) is 0.628. The average molecular weight is 460 g/mol. The van der Waals surface area contributed by atoms with Crippen LogP contribution in [-0.2, 0) is 16.6 Å². The molecule has 1 aromatic carbocycles. The van der Waals surface area contributed by atoms with Crippen molar-refractivity contribution in [1.29, 1.82) is 0 Å². The van der Waals surface area contributed by atoms with Crippen molar-refractivity contribution in [1.82, 2.24) is 15.1 Å². The molecule has 7 aliphatic rings. The Morgan fingerprint density at radius 2 is 2.15 bits per heavy atom. The molecule has 1 amide bonds. The number of rotatable bonds is 2. The minimum Gasteiger partial charge on any atom is -0.504 e. The highest BCUT2D eigenvalue weighted by Crippen LogP contribution is 2.67. The number of likely N-dealkylation sites (tertiary alicyclic amines) is 1. The van der Waals surface area contributed by atoms with Crippen molar-refractivity contribution >= 4 is 5.91 Å². The maximum Gasteiger partial charge on any atom is 0.251 e. The Morgan fingerprint density at radius 3 is 2.97 bits per heavy atom. The number of ether oxygens (including phenoxy) is 1. The number of aromatic hydroxyl groups is 1. The van der Waals surface area contributed by atoms with Gasteiger partial charge in [-0.3, -0.25) is 9.69 Å². The minimum absolute atomic E-state index is 0.0755. The molecule has 8 rings (SSSR count). The third-order valence-corrected chi connectivity index (χ3v) is 9.62. The minimum atomic E-state index is -1.14. The van der Waals surface area contributed by atoms with Gasteiger partial charge in [0.2, 0.25) is 0 Å². The van der Waals surface area contributed by atoms with Crippen LogP contribution in [0.25, 0.3) is 0 Å². The summed E-state index contributed by atoms with van der Waals surface area (Å²) < 4.78 is 6.66. The summed E-state index contributed by atoms with van der Waals surface area (Å²) in [6, 6.07) is 3.67. The van der Waals surface area contributed by atoms with Crippen LogP contribution in [0.2, 0.25) is 0 Å². The lowest BCUT2D eigenvalue weighted by Gasteiger charge is -2.64. The normalized spacial score (nSPS) is 39.1. The van der Waals surface area contributed by atoms with E-state index in [4.69, 9.17) is 4.74 Å². The molecule has 0 radical (unpaired) electrons. The molecule has 1 saturated carbocycles. The first-order valence-corrected chi connectivity index (χ1v) is 12.6. The van der Waals surface area contributed by atoms with E-state index in [2.05, 4.69) is 15.1 Å². The summed E-state index contributed by atoms with van der Waals surface area (Å²) in [4.78, 5) is 18.1. The number of aliphatic hydroxyl groups is 1. The lowest BCUT2D eigenvalue weighted by atomic mass is 9.48. The molecule has 7 nitrogen and oxygen atoms in total. The fraction of sp³-hybridized carbons (Fsp3) is 0.519. The summed E-state index contributed by atoms with van der Waals surface area (Å²) in [5, 5.41) is 26.7. The summed E-state index contributed by atoms with van der Waals surface area (Å²) in [5.74, 6) is 1.21. The highest BCUT2D eigenvalue weighted by molar-refractivity contribution is 5.97. The van der Waals surface area contributed by atoms with Gasteiger partial charge in [-0.25, -0.2) is 0 Å². The standard InChI is InChI=1S/C27H29N3O4/c1-14-3-2-4-20-28-25(32)17-12-27(33)19-11-16-7-8-18(31)23-21(16)26(27,24(34-23)22(17)30(14)20)9-10-29(19)13-15-5-6-15/h2-4,7-8,15,19-20,24,31,33H,5-6,9-13H2,1H3,(H,28,32)/t19-,20?,24-,26-,27+/m0/s1. The number of carbonyl (C=O) groups is 1. The Labute approximate surface area is 198 Å². The summed E-state index contributed by atoms with van der Waals surface area (Å²) in [7, 11) is 0. The van der Waals surface area contributed by atoms with Crippen LogP contribution in [0.1, 0.15) is 43.7 Å². The predicted molar refractivity (Wildman–Crippen MR) is 124 cm³/mol. The van der Waals surface area contributed by atoms with E-state index in [1.54, 1.807) is 6.07 Å². The molecule has 1 saturated heterocycles. The maximum absolute atomic E-state index is 13.4. The van der Waals surface area contributed by atoms with Crippen LogP contribution in [0.5, 0.6) is 11.5 Å². The van der Waals surface area contributed by atoms with Crippen LogP contribution >= 0.6 is 0 Å². The topological polar surface area (TPSA) is 85.3 Å². The van der Waals surface area contributed by atoms with Gasteiger partial charge in [-0.15, -0.1) is 0 Å². The second-order valence-corrected chi connectivity index (χ2v) is 11.3. The van der Waals surface area contributed by atoms with Gasteiger partial charge >= 0.3 is 0 Å². The molecular formula is C27H29N3O4. The van der Waals surface area contributed by atoms with Gasteiger partial charge in [-0.1, -0.05) is 12.1 Å². The van der Waals surface area contributed by atoms with Crippen molar-refractivity contribution in [3.63, 3.8) is 0 Å². The fourth-order valence-corrected chi connectivity index (χ4v) is 8.00. The smallest absolute Gasteiger partial charge is 0.251 e. The second kappa shape index (κ2) is 6.07. The predicted octanol–water partition coefficient (Wildman–Crippen LogP) is 2.05. The van der Waals surface area contributed by atoms with Gasteiger partial charge in [0.1, 0.15) is 6.17 Å². The highest BCUT2D eigenvalue weighted by Gasteiger charge is 2.74. The SMILES string of the molecule is CC1=CC=CC2NC(=O)C3=C([C@@H]4Oc5c(O)ccc6c5[C@@]45CCN(CC4CC4)[C@@H](C6)[C@]5(O)C3)N12. The van der Waals surface area contributed by atoms with Crippen molar-refractivity contribution in [2.45, 2.75) is 68.4 Å². The first-order chi connectivity index (χ1) is 16.4.